The zero-order valence-corrected chi connectivity index (χ0v) is 14.4. The van der Waals surface area contributed by atoms with E-state index < -0.39 is 0 Å². The molecule has 0 unspecified atom stereocenters. The third kappa shape index (κ3) is 4.45. The van der Waals surface area contributed by atoms with Gasteiger partial charge >= 0.3 is 0 Å². The monoisotopic (exact) mass is 322 g/mol. The van der Waals surface area contributed by atoms with Gasteiger partial charge in [-0.05, 0) is 42.5 Å². The SMILES string of the molecule is CCc1cccc(CN2CCC(NC(=O)c3ccccc3)CC2)c1. The molecule has 1 fully saturated rings. The number of piperidine rings is 1. The average molecular weight is 322 g/mol. The van der Waals surface area contributed by atoms with Crippen molar-refractivity contribution in [2.75, 3.05) is 13.1 Å². The van der Waals surface area contributed by atoms with E-state index >= 15 is 0 Å². The maximum Gasteiger partial charge on any atom is 0.251 e. The second-order valence-electron chi connectivity index (χ2n) is 6.56. The van der Waals surface area contributed by atoms with Gasteiger partial charge in [-0.25, -0.2) is 0 Å². The molecule has 1 saturated heterocycles. The zero-order chi connectivity index (χ0) is 16.8. The molecule has 3 heteroatoms. The Balaban J connectivity index is 1.48. The second-order valence-corrected chi connectivity index (χ2v) is 6.56. The lowest BCUT2D eigenvalue weighted by atomic mass is 10.0. The first-order valence-corrected chi connectivity index (χ1v) is 8.90. The molecule has 0 atom stereocenters. The van der Waals surface area contributed by atoms with Crippen LogP contribution in [0, 0.1) is 0 Å². The number of likely N-dealkylation sites (tertiary alicyclic amines) is 1. The number of amides is 1. The smallest absolute Gasteiger partial charge is 0.251 e. The quantitative estimate of drug-likeness (QED) is 0.911. The van der Waals surface area contributed by atoms with Crippen molar-refractivity contribution >= 4 is 5.91 Å². The molecule has 2 aromatic rings. The van der Waals surface area contributed by atoms with Gasteiger partial charge in [0.25, 0.3) is 5.91 Å². The lowest BCUT2D eigenvalue weighted by Crippen LogP contribution is -2.44. The Bertz CT molecular complexity index is 661. The molecule has 1 aliphatic heterocycles. The van der Waals surface area contributed by atoms with Crippen LogP contribution in [0.4, 0.5) is 0 Å². The lowest BCUT2D eigenvalue weighted by molar-refractivity contribution is 0.0909. The topological polar surface area (TPSA) is 32.3 Å². The van der Waals surface area contributed by atoms with Gasteiger partial charge in [-0.3, -0.25) is 9.69 Å². The number of carbonyl (C=O) groups is 1. The number of benzene rings is 2. The summed E-state index contributed by atoms with van der Waals surface area (Å²) in [5.74, 6) is 0.0460. The van der Waals surface area contributed by atoms with E-state index in [1.54, 1.807) is 0 Å². The molecule has 126 valence electrons. The number of nitrogens with zero attached hydrogens (tertiary/aromatic N) is 1. The molecule has 1 heterocycles. The standard InChI is InChI=1S/C21H26N2O/c1-2-17-7-6-8-18(15-17)16-23-13-11-20(12-14-23)22-21(24)19-9-4-3-5-10-19/h3-10,15,20H,2,11-14,16H2,1H3,(H,22,24). The van der Waals surface area contributed by atoms with Crippen LogP contribution in [0.25, 0.3) is 0 Å². The zero-order valence-electron chi connectivity index (χ0n) is 14.4. The van der Waals surface area contributed by atoms with E-state index in [9.17, 15) is 4.79 Å². The number of nitrogens with one attached hydrogen (secondary N) is 1. The number of hydrogen-bond donors (Lipinski definition) is 1. The van der Waals surface area contributed by atoms with Gasteiger partial charge in [0.05, 0.1) is 0 Å². The summed E-state index contributed by atoms with van der Waals surface area (Å²) < 4.78 is 0. The fourth-order valence-corrected chi connectivity index (χ4v) is 3.30. The average Bonchev–Trinajstić information content (AvgIpc) is 2.64. The van der Waals surface area contributed by atoms with Crippen molar-refractivity contribution in [1.29, 1.82) is 0 Å². The van der Waals surface area contributed by atoms with Gasteiger partial charge in [-0.15, -0.1) is 0 Å². The Kier molecular flexibility index (Phi) is 5.65. The van der Waals surface area contributed by atoms with Gasteiger partial charge in [0, 0.05) is 31.2 Å². The third-order valence-corrected chi connectivity index (χ3v) is 4.76. The maximum absolute atomic E-state index is 12.2. The molecule has 3 nitrogen and oxygen atoms in total. The summed E-state index contributed by atoms with van der Waals surface area (Å²) in [6, 6.07) is 18.6. The van der Waals surface area contributed by atoms with Crippen LogP contribution in [0.2, 0.25) is 0 Å². The highest BCUT2D eigenvalue weighted by molar-refractivity contribution is 5.94. The highest BCUT2D eigenvalue weighted by Gasteiger charge is 2.21. The van der Waals surface area contributed by atoms with Crippen LogP contribution >= 0.6 is 0 Å². The van der Waals surface area contributed by atoms with Crippen LogP contribution in [0.3, 0.4) is 0 Å². The molecule has 3 rings (SSSR count). The van der Waals surface area contributed by atoms with Crippen LogP contribution in [-0.2, 0) is 13.0 Å². The molecule has 0 aliphatic carbocycles. The highest BCUT2D eigenvalue weighted by Crippen LogP contribution is 2.15. The van der Waals surface area contributed by atoms with Crippen LogP contribution in [0.1, 0.15) is 41.3 Å². The van der Waals surface area contributed by atoms with Gasteiger partial charge in [-0.2, -0.15) is 0 Å². The summed E-state index contributed by atoms with van der Waals surface area (Å²) in [5, 5.41) is 3.17. The van der Waals surface area contributed by atoms with Gasteiger partial charge in [0.2, 0.25) is 0 Å². The van der Waals surface area contributed by atoms with Crippen LogP contribution < -0.4 is 5.32 Å². The van der Waals surface area contributed by atoms with E-state index in [4.69, 9.17) is 0 Å². The van der Waals surface area contributed by atoms with Gasteiger partial charge < -0.3 is 5.32 Å². The maximum atomic E-state index is 12.2. The molecule has 0 bridgehead atoms. The third-order valence-electron chi connectivity index (χ3n) is 4.76. The minimum Gasteiger partial charge on any atom is -0.349 e. The van der Waals surface area contributed by atoms with Gasteiger partial charge in [0.15, 0.2) is 0 Å². The fraction of sp³-hybridized carbons (Fsp3) is 0.381. The number of hydrogen-bond acceptors (Lipinski definition) is 2. The summed E-state index contributed by atoms with van der Waals surface area (Å²) in [6.45, 7) is 5.28. The van der Waals surface area contributed by atoms with Crippen LogP contribution in [-0.4, -0.2) is 29.9 Å². The van der Waals surface area contributed by atoms with Crippen LogP contribution in [0.5, 0.6) is 0 Å². The lowest BCUT2D eigenvalue weighted by Gasteiger charge is -2.32. The predicted molar refractivity (Wildman–Crippen MR) is 98.0 cm³/mol. The van der Waals surface area contributed by atoms with E-state index in [2.05, 4.69) is 41.4 Å². The van der Waals surface area contributed by atoms with E-state index in [1.165, 1.54) is 11.1 Å². The molecule has 1 N–H and O–H groups in total. The minimum atomic E-state index is 0.0460. The van der Waals surface area contributed by atoms with Crippen molar-refractivity contribution in [3.8, 4) is 0 Å². The van der Waals surface area contributed by atoms with Crippen molar-refractivity contribution in [2.45, 2.75) is 38.8 Å². The summed E-state index contributed by atoms with van der Waals surface area (Å²) in [5.41, 5.74) is 3.54. The minimum absolute atomic E-state index is 0.0460. The largest absolute Gasteiger partial charge is 0.349 e. The van der Waals surface area contributed by atoms with Crippen molar-refractivity contribution in [2.24, 2.45) is 0 Å². The summed E-state index contributed by atoms with van der Waals surface area (Å²) in [6.07, 6.45) is 3.12. The van der Waals surface area contributed by atoms with E-state index in [-0.39, 0.29) is 11.9 Å². The Morgan fingerprint density at radius 2 is 1.75 bits per heavy atom. The normalized spacial score (nSPS) is 16.0. The van der Waals surface area contributed by atoms with Crippen molar-refractivity contribution in [3.63, 3.8) is 0 Å². The molecule has 1 aliphatic rings. The molecular formula is C21H26N2O. The summed E-state index contributed by atoms with van der Waals surface area (Å²) in [4.78, 5) is 14.7. The van der Waals surface area contributed by atoms with Crippen molar-refractivity contribution in [1.82, 2.24) is 10.2 Å². The Morgan fingerprint density at radius 3 is 2.46 bits per heavy atom. The molecule has 0 radical (unpaired) electrons. The first kappa shape index (κ1) is 16.7. The Hall–Kier alpha value is -2.13. The molecule has 0 spiro atoms. The molecule has 24 heavy (non-hydrogen) atoms. The van der Waals surface area contributed by atoms with Crippen molar-refractivity contribution in [3.05, 3.63) is 71.3 Å². The first-order chi connectivity index (χ1) is 11.7. The van der Waals surface area contributed by atoms with Crippen molar-refractivity contribution < 1.29 is 4.79 Å². The molecule has 2 aromatic carbocycles. The van der Waals surface area contributed by atoms with Gasteiger partial charge in [0.1, 0.15) is 0 Å². The van der Waals surface area contributed by atoms with Crippen LogP contribution in [0.15, 0.2) is 54.6 Å². The highest BCUT2D eigenvalue weighted by atomic mass is 16.1. The predicted octanol–water partition coefficient (Wildman–Crippen LogP) is 3.64. The number of carbonyl (C=O) groups excluding carboxylic acids is 1. The molecule has 0 aromatic heterocycles. The van der Waals surface area contributed by atoms with E-state index in [0.717, 1.165) is 44.5 Å². The first-order valence-electron chi connectivity index (χ1n) is 8.90. The second kappa shape index (κ2) is 8.11. The Labute approximate surface area is 144 Å². The molecule has 1 amide bonds. The Morgan fingerprint density at radius 1 is 1.04 bits per heavy atom. The number of aryl methyl sites for hydroxylation is 1. The molecule has 0 saturated carbocycles. The van der Waals surface area contributed by atoms with E-state index in [1.807, 2.05) is 30.3 Å². The van der Waals surface area contributed by atoms with E-state index in [0.29, 0.717) is 0 Å². The fourth-order valence-electron chi connectivity index (χ4n) is 3.30. The summed E-state index contributed by atoms with van der Waals surface area (Å²) in [7, 11) is 0. The van der Waals surface area contributed by atoms with Gasteiger partial charge in [-0.1, -0.05) is 49.4 Å². The number of rotatable bonds is 5. The summed E-state index contributed by atoms with van der Waals surface area (Å²) >= 11 is 0. The molecular weight excluding hydrogens is 296 g/mol.